The van der Waals surface area contributed by atoms with Gasteiger partial charge < -0.3 is 15.5 Å². The molecule has 0 aromatic heterocycles. The van der Waals surface area contributed by atoms with Crippen molar-refractivity contribution in [1.82, 2.24) is 5.32 Å². The summed E-state index contributed by atoms with van der Waals surface area (Å²) in [7, 11) is 0. The maximum Gasteiger partial charge on any atom is 0.328 e. The molecular weight excluding hydrogens is 258 g/mol. The first kappa shape index (κ1) is 16.4. The van der Waals surface area contributed by atoms with E-state index >= 15 is 0 Å². The molecule has 0 spiro atoms. The summed E-state index contributed by atoms with van der Waals surface area (Å²) in [5, 5.41) is 19.4. The van der Waals surface area contributed by atoms with Crippen molar-refractivity contribution in [3.63, 3.8) is 0 Å². The van der Waals surface area contributed by atoms with Crippen LogP contribution in [0.25, 0.3) is 0 Å². The Kier molecular flexibility index (Phi) is 5.95. The number of carboxylic acids is 2. The van der Waals surface area contributed by atoms with Crippen LogP contribution in [0.4, 0.5) is 0 Å². The fraction of sp³-hybridized carbons (Fsp3) is 0.600. The molecule has 0 aliphatic carbocycles. The monoisotopic (exact) mass is 281 g/mol. The predicted molar refractivity (Wildman–Crippen MR) is 76.5 cm³/mol. The summed E-state index contributed by atoms with van der Waals surface area (Å²) in [6.07, 6.45) is 11.2. The van der Waals surface area contributed by atoms with Gasteiger partial charge in [0.05, 0.1) is 0 Å². The minimum Gasteiger partial charge on any atom is -0.478 e. The van der Waals surface area contributed by atoms with Crippen LogP contribution in [0.3, 0.4) is 0 Å². The molecule has 0 amide bonds. The second-order valence-electron chi connectivity index (χ2n) is 5.38. The molecule has 3 atom stereocenters. The number of carboxylic acid groups (broad SMARTS) is 2. The van der Waals surface area contributed by atoms with Gasteiger partial charge in [-0.3, -0.25) is 0 Å². The van der Waals surface area contributed by atoms with Crippen molar-refractivity contribution in [2.45, 2.75) is 51.1 Å². The number of rotatable bonds is 4. The number of carbonyl (C=O) groups is 2. The molecule has 0 saturated carbocycles. The Labute approximate surface area is 119 Å². The van der Waals surface area contributed by atoms with Gasteiger partial charge in [0, 0.05) is 23.7 Å². The summed E-state index contributed by atoms with van der Waals surface area (Å²) in [6.45, 7) is 4.65. The lowest BCUT2D eigenvalue weighted by atomic mass is 9.81. The normalized spacial score (nSPS) is 28.8. The molecule has 0 aromatic carbocycles. The van der Waals surface area contributed by atoms with E-state index in [4.69, 9.17) is 10.2 Å². The van der Waals surface area contributed by atoms with Crippen LogP contribution in [0.1, 0.15) is 39.5 Å². The molecule has 3 N–H and O–H groups in total. The smallest absolute Gasteiger partial charge is 0.328 e. The van der Waals surface area contributed by atoms with Crippen molar-refractivity contribution < 1.29 is 19.8 Å². The maximum atomic E-state index is 9.55. The van der Waals surface area contributed by atoms with Gasteiger partial charge in [-0.05, 0) is 25.2 Å². The summed E-state index contributed by atoms with van der Waals surface area (Å²) in [5.41, 5.74) is 0.373. The van der Waals surface area contributed by atoms with Gasteiger partial charge in [-0.1, -0.05) is 32.4 Å². The minimum absolute atomic E-state index is 0.373. The Bertz CT molecular complexity index is 400. The van der Waals surface area contributed by atoms with Crippen LogP contribution in [-0.2, 0) is 9.59 Å². The Balaban J connectivity index is 0.000000221. The summed E-state index contributed by atoms with van der Waals surface area (Å²) < 4.78 is 0. The highest BCUT2D eigenvalue weighted by atomic mass is 16.4. The van der Waals surface area contributed by atoms with Gasteiger partial charge in [-0.25, -0.2) is 9.59 Å². The van der Waals surface area contributed by atoms with E-state index in [1.54, 1.807) is 0 Å². The van der Waals surface area contributed by atoms with Crippen molar-refractivity contribution in [3.05, 3.63) is 24.3 Å². The standard InChI is InChI=1S/C11H19N.C4H4O4/c1-3-9(2)11-7-4-5-10(12-11)6-8-11;5-3(6)1-2-4(7)8/h4,7,9-10,12H,3,5-6,8H2,1-2H3;1-2H,(H,5,6)(H,7,8)/b;2-1-. The third-order valence-electron chi connectivity index (χ3n) is 4.08. The molecule has 2 aliphatic heterocycles. The van der Waals surface area contributed by atoms with E-state index in [9.17, 15) is 9.59 Å². The number of aliphatic carboxylic acids is 2. The molecule has 1 saturated heterocycles. The van der Waals surface area contributed by atoms with Crippen molar-refractivity contribution >= 4 is 11.9 Å². The van der Waals surface area contributed by atoms with Crippen LogP contribution in [0, 0.1) is 5.92 Å². The molecule has 112 valence electrons. The molecular formula is C15H23NO4. The van der Waals surface area contributed by atoms with Crippen LogP contribution >= 0.6 is 0 Å². The van der Waals surface area contributed by atoms with Gasteiger partial charge in [0.1, 0.15) is 0 Å². The van der Waals surface area contributed by atoms with Crippen LogP contribution in [0.2, 0.25) is 0 Å². The SMILES string of the molecule is CCC(C)C12C=CCC(CC1)N2.O=C(O)/C=C\C(=O)O. The molecule has 3 unspecified atom stereocenters. The number of fused-ring (bicyclic) bond motifs is 2. The van der Waals surface area contributed by atoms with Crippen molar-refractivity contribution in [2.24, 2.45) is 5.92 Å². The second kappa shape index (κ2) is 7.24. The molecule has 1 fully saturated rings. The molecule has 0 aromatic rings. The first-order valence-corrected chi connectivity index (χ1v) is 6.99. The fourth-order valence-corrected chi connectivity index (χ4v) is 2.75. The number of hydrogen-bond acceptors (Lipinski definition) is 3. The molecule has 2 heterocycles. The molecule has 0 radical (unpaired) electrons. The van der Waals surface area contributed by atoms with Gasteiger partial charge in [-0.15, -0.1) is 0 Å². The highest BCUT2D eigenvalue weighted by molar-refractivity contribution is 5.89. The summed E-state index contributed by atoms with van der Waals surface area (Å²) in [6, 6.07) is 0.781. The lowest BCUT2D eigenvalue weighted by Crippen LogP contribution is -2.48. The van der Waals surface area contributed by atoms with Gasteiger partial charge >= 0.3 is 11.9 Å². The summed E-state index contributed by atoms with van der Waals surface area (Å²) in [5.74, 6) is -1.72. The first-order chi connectivity index (χ1) is 9.39. The van der Waals surface area contributed by atoms with Crippen LogP contribution in [0.15, 0.2) is 24.3 Å². The zero-order valence-electron chi connectivity index (χ0n) is 12.0. The van der Waals surface area contributed by atoms with Crippen LogP contribution in [-0.4, -0.2) is 33.7 Å². The largest absolute Gasteiger partial charge is 0.478 e. The molecule has 5 heteroatoms. The number of hydrogen-bond donors (Lipinski definition) is 3. The molecule has 2 aliphatic rings. The van der Waals surface area contributed by atoms with E-state index in [2.05, 4.69) is 31.3 Å². The van der Waals surface area contributed by atoms with E-state index in [0.29, 0.717) is 17.7 Å². The molecule has 2 bridgehead atoms. The third kappa shape index (κ3) is 4.49. The highest BCUT2D eigenvalue weighted by Crippen LogP contribution is 2.37. The zero-order valence-corrected chi connectivity index (χ0v) is 12.0. The van der Waals surface area contributed by atoms with E-state index in [1.807, 2.05) is 0 Å². The number of nitrogens with one attached hydrogen (secondary N) is 1. The summed E-state index contributed by atoms with van der Waals surface area (Å²) in [4.78, 5) is 19.1. The van der Waals surface area contributed by atoms with Gasteiger partial charge in [0.15, 0.2) is 0 Å². The van der Waals surface area contributed by atoms with Crippen molar-refractivity contribution in [2.75, 3.05) is 0 Å². The highest BCUT2D eigenvalue weighted by Gasteiger charge is 2.41. The van der Waals surface area contributed by atoms with Gasteiger partial charge in [0.25, 0.3) is 0 Å². The first-order valence-electron chi connectivity index (χ1n) is 6.99. The van der Waals surface area contributed by atoms with Gasteiger partial charge in [-0.2, -0.15) is 0 Å². The fourth-order valence-electron chi connectivity index (χ4n) is 2.75. The van der Waals surface area contributed by atoms with Crippen LogP contribution in [0.5, 0.6) is 0 Å². The minimum atomic E-state index is -1.26. The Hall–Kier alpha value is -1.62. The molecule has 5 nitrogen and oxygen atoms in total. The lowest BCUT2D eigenvalue weighted by molar-refractivity contribution is -0.134. The van der Waals surface area contributed by atoms with E-state index in [-0.39, 0.29) is 0 Å². The predicted octanol–water partition coefficient (Wildman–Crippen LogP) is 2.19. The zero-order chi connectivity index (χ0) is 15.2. The topological polar surface area (TPSA) is 86.6 Å². The van der Waals surface area contributed by atoms with E-state index < -0.39 is 11.9 Å². The average Bonchev–Trinajstić information content (AvgIpc) is 2.72. The summed E-state index contributed by atoms with van der Waals surface area (Å²) >= 11 is 0. The van der Waals surface area contributed by atoms with E-state index in [1.165, 1.54) is 25.7 Å². The van der Waals surface area contributed by atoms with E-state index in [0.717, 1.165) is 12.0 Å². The lowest BCUT2D eigenvalue weighted by Gasteiger charge is -2.35. The van der Waals surface area contributed by atoms with Crippen molar-refractivity contribution in [1.29, 1.82) is 0 Å². The average molecular weight is 281 g/mol. The third-order valence-corrected chi connectivity index (χ3v) is 4.08. The molecule has 2 rings (SSSR count). The second-order valence-corrected chi connectivity index (χ2v) is 5.38. The molecule has 20 heavy (non-hydrogen) atoms. The Morgan fingerprint density at radius 2 is 2.00 bits per heavy atom. The van der Waals surface area contributed by atoms with Gasteiger partial charge in [0.2, 0.25) is 0 Å². The van der Waals surface area contributed by atoms with Crippen LogP contribution < -0.4 is 5.32 Å². The quantitative estimate of drug-likeness (QED) is 0.543. The Morgan fingerprint density at radius 3 is 2.50 bits per heavy atom. The van der Waals surface area contributed by atoms with Crippen molar-refractivity contribution in [3.8, 4) is 0 Å². The Morgan fingerprint density at radius 1 is 1.40 bits per heavy atom. The maximum absolute atomic E-state index is 9.55.